The van der Waals surface area contributed by atoms with Gasteiger partial charge in [0, 0.05) is 5.69 Å². The summed E-state index contributed by atoms with van der Waals surface area (Å²) in [7, 11) is 0. The van der Waals surface area contributed by atoms with E-state index in [4.69, 9.17) is 4.74 Å². The van der Waals surface area contributed by atoms with Crippen molar-refractivity contribution in [2.75, 3.05) is 11.9 Å². The van der Waals surface area contributed by atoms with Gasteiger partial charge in [0.15, 0.2) is 0 Å². The van der Waals surface area contributed by atoms with Crippen LogP contribution in [0.3, 0.4) is 0 Å². The molecule has 27 heavy (non-hydrogen) atoms. The van der Waals surface area contributed by atoms with E-state index in [2.05, 4.69) is 22.8 Å². The molecule has 4 nitrogen and oxygen atoms in total. The van der Waals surface area contributed by atoms with Gasteiger partial charge in [-0.3, -0.25) is 4.79 Å². The molecule has 1 aliphatic heterocycles. The fourth-order valence-electron chi connectivity index (χ4n) is 3.01. The lowest BCUT2D eigenvalue weighted by Crippen LogP contribution is -2.35. The third kappa shape index (κ3) is 5.97. The van der Waals surface area contributed by atoms with Crippen molar-refractivity contribution >= 4 is 23.7 Å². The second kappa shape index (κ2) is 8.40. The highest BCUT2D eigenvalue weighted by molar-refractivity contribution is 5.95. The first-order valence-corrected chi connectivity index (χ1v) is 9.50. The summed E-state index contributed by atoms with van der Waals surface area (Å²) in [6.45, 7) is 7.04. The van der Waals surface area contributed by atoms with Crippen LogP contribution in [0.4, 0.5) is 5.69 Å². The summed E-state index contributed by atoms with van der Waals surface area (Å²) in [6, 6.07) is 15.9. The quantitative estimate of drug-likeness (QED) is 0.755. The molecule has 1 aliphatic rings. The number of amides is 1. The molecule has 0 bridgehead atoms. The molecule has 2 aromatic rings. The highest BCUT2D eigenvalue weighted by Crippen LogP contribution is 2.20. The average Bonchev–Trinajstić information content (AvgIpc) is 3.16. The number of carbonyl (C=O) groups excluding carboxylic acids is 1. The maximum absolute atomic E-state index is 12.1. The molecule has 1 heterocycles. The molecule has 1 fully saturated rings. The zero-order valence-corrected chi connectivity index (χ0v) is 16.3. The summed E-state index contributed by atoms with van der Waals surface area (Å²) in [5.74, 6) is 0.921. The molecule has 0 radical (unpaired) electrons. The lowest BCUT2D eigenvalue weighted by Gasteiger charge is -2.21. The Morgan fingerprint density at radius 1 is 1.04 bits per heavy atom. The molecule has 4 heteroatoms. The van der Waals surface area contributed by atoms with Gasteiger partial charge in [0.25, 0.3) is 0 Å². The van der Waals surface area contributed by atoms with Crippen LogP contribution in [-0.4, -0.2) is 24.1 Å². The molecule has 0 aromatic heterocycles. The van der Waals surface area contributed by atoms with Crippen LogP contribution in [0.15, 0.2) is 48.5 Å². The Bertz CT molecular complexity index is 781. The Morgan fingerprint density at radius 2 is 1.63 bits per heavy atom. The Hall–Kier alpha value is -2.59. The topological polar surface area (TPSA) is 50.4 Å². The summed E-state index contributed by atoms with van der Waals surface area (Å²) < 4.78 is 5.84. The van der Waals surface area contributed by atoms with Crippen molar-refractivity contribution in [3.05, 3.63) is 59.7 Å². The zero-order chi connectivity index (χ0) is 19.3. The highest BCUT2D eigenvalue weighted by Gasteiger charge is 2.21. The van der Waals surface area contributed by atoms with Gasteiger partial charge in [-0.15, -0.1) is 0 Å². The SMILES string of the molecule is CC(C)(C)Oc1ccc(/C=C/c2ccc(NC(=O)C3CCCN3)cc2)cc1. The minimum Gasteiger partial charge on any atom is -0.488 e. The van der Waals surface area contributed by atoms with Crippen LogP contribution in [0.2, 0.25) is 0 Å². The highest BCUT2D eigenvalue weighted by atomic mass is 16.5. The van der Waals surface area contributed by atoms with Gasteiger partial charge in [-0.25, -0.2) is 0 Å². The summed E-state index contributed by atoms with van der Waals surface area (Å²) in [6.07, 6.45) is 6.10. The Kier molecular flexibility index (Phi) is 5.97. The minimum absolute atomic E-state index is 0.0494. The predicted molar refractivity (Wildman–Crippen MR) is 112 cm³/mol. The van der Waals surface area contributed by atoms with Crippen molar-refractivity contribution in [2.24, 2.45) is 0 Å². The Morgan fingerprint density at radius 3 is 2.15 bits per heavy atom. The fraction of sp³-hybridized carbons (Fsp3) is 0.348. The lowest BCUT2D eigenvalue weighted by molar-refractivity contribution is -0.117. The van der Waals surface area contributed by atoms with E-state index < -0.39 is 0 Å². The summed E-state index contributed by atoms with van der Waals surface area (Å²) in [5.41, 5.74) is 2.83. The molecular formula is C23H28N2O2. The molecule has 0 aliphatic carbocycles. The van der Waals surface area contributed by atoms with Crippen LogP contribution in [-0.2, 0) is 4.79 Å². The van der Waals surface area contributed by atoms with Crippen LogP contribution in [0.25, 0.3) is 12.2 Å². The predicted octanol–water partition coefficient (Wildman–Crippen LogP) is 4.72. The van der Waals surface area contributed by atoms with Crippen LogP contribution in [0.1, 0.15) is 44.7 Å². The number of ether oxygens (including phenoxy) is 1. The number of benzene rings is 2. The first-order chi connectivity index (χ1) is 12.9. The lowest BCUT2D eigenvalue weighted by atomic mass is 10.1. The van der Waals surface area contributed by atoms with E-state index in [-0.39, 0.29) is 17.6 Å². The Labute approximate surface area is 161 Å². The van der Waals surface area contributed by atoms with Crippen LogP contribution < -0.4 is 15.4 Å². The number of nitrogens with one attached hydrogen (secondary N) is 2. The van der Waals surface area contributed by atoms with E-state index in [0.717, 1.165) is 42.0 Å². The molecule has 2 N–H and O–H groups in total. The largest absolute Gasteiger partial charge is 0.488 e. The number of hydrogen-bond acceptors (Lipinski definition) is 3. The van der Waals surface area contributed by atoms with Gasteiger partial charge in [0.2, 0.25) is 5.91 Å². The first-order valence-electron chi connectivity index (χ1n) is 9.50. The van der Waals surface area contributed by atoms with Crippen molar-refractivity contribution in [3.63, 3.8) is 0 Å². The second-order valence-electron chi connectivity index (χ2n) is 7.88. The van der Waals surface area contributed by atoms with E-state index in [0.29, 0.717) is 0 Å². The van der Waals surface area contributed by atoms with E-state index in [1.54, 1.807) is 0 Å². The van der Waals surface area contributed by atoms with Crippen molar-refractivity contribution in [1.29, 1.82) is 0 Å². The summed E-state index contributed by atoms with van der Waals surface area (Å²) in [5, 5.41) is 6.18. The molecule has 0 spiro atoms. The van der Waals surface area contributed by atoms with Gasteiger partial charge in [-0.2, -0.15) is 0 Å². The molecule has 1 amide bonds. The van der Waals surface area contributed by atoms with E-state index in [1.807, 2.05) is 69.3 Å². The molecule has 1 unspecified atom stereocenters. The maximum atomic E-state index is 12.1. The van der Waals surface area contributed by atoms with Crippen molar-refractivity contribution in [1.82, 2.24) is 5.32 Å². The van der Waals surface area contributed by atoms with Crippen LogP contribution in [0, 0.1) is 0 Å². The minimum atomic E-state index is -0.192. The van der Waals surface area contributed by atoms with Gasteiger partial charge in [0.05, 0.1) is 6.04 Å². The molecule has 1 atom stereocenters. The standard InChI is InChI=1S/C23H28N2O2/c1-23(2,3)27-20-14-10-18(11-15-20)7-6-17-8-12-19(13-9-17)25-22(26)21-5-4-16-24-21/h6-15,21,24H,4-5,16H2,1-3H3,(H,25,26)/b7-6+. The smallest absolute Gasteiger partial charge is 0.241 e. The van der Waals surface area contributed by atoms with Gasteiger partial charge in [-0.05, 0) is 75.5 Å². The van der Waals surface area contributed by atoms with E-state index in [9.17, 15) is 4.79 Å². The maximum Gasteiger partial charge on any atom is 0.241 e. The molecule has 3 rings (SSSR count). The summed E-state index contributed by atoms with van der Waals surface area (Å²) in [4.78, 5) is 12.1. The van der Waals surface area contributed by atoms with Gasteiger partial charge in [0.1, 0.15) is 11.4 Å². The van der Waals surface area contributed by atoms with Gasteiger partial charge < -0.3 is 15.4 Å². The van der Waals surface area contributed by atoms with Crippen molar-refractivity contribution in [3.8, 4) is 5.75 Å². The normalized spacial score (nSPS) is 17.2. The fourth-order valence-corrected chi connectivity index (χ4v) is 3.01. The van der Waals surface area contributed by atoms with E-state index >= 15 is 0 Å². The molecule has 0 saturated carbocycles. The monoisotopic (exact) mass is 364 g/mol. The molecule has 2 aromatic carbocycles. The van der Waals surface area contributed by atoms with Crippen molar-refractivity contribution in [2.45, 2.75) is 45.3 Å². The number of anilines is 1. The third-order valence-electron chi connectivity index (χ3n) is 4.33. The first kappa shape index (κ1) is 19.2. The average molecular weight is 364 g/mol. The van der Waals surface area contributed by atoms with Gasteiger partial charge >= 0.3 is 0 Å². The summed E-state index contributed by atoms with van der Waals surface area (Å²) >= 11 is 0. The van der Waals surface area contributed by atoms with Crippen LogP contribution in [0.5, 0.6) is 5.75 Å². The molecule has 142 valence electrons. The van der Waals surface area contributed by atoms with E-state index in [1.165, 1.54) is 0 Å². The second-order valence-corrected chi connectivity index (χ2v) is 7.88. The van der Waals surface area contributed by atoms with Crippen LogP contribution >= 0.6 is 0 Å². The number of rotatable bonds is 5. The third-order valence-corrected chi connectivity index (χ3v) is 4.33. The van der Waals surface area contributed by atoms with Gasteiger partial charge in [-0.1, -0.05) is 36.4 Å². The van der Waals surface area contributed by atoms with Crippen molar-refractivity contribution < 1.29 is 9.53 Å². The molecule has 1 saturated heterocycles. The Balaban J connectivity index is 1.56. The number of hydrogen-bond donors (Lipinski definition) is 2. The molecular weight excluding hydrogens is 336 g/mol. The number of carbonyl (C=O) groups is 1. The zero-order valence-electron chi connectivity index (χ0n) is 16.3.